The summed E-state index contributed by atoms with van der Waals surface area (Å²) in [7, 11) is -6.36. The molecule has 0 aliphatic carbocycles. The highest BCUT2D eigenvalue weighted by Crippen LogP contribution is 2.47. The van der Waals surface area contributed by atoms with Crippen molar-refractivity contribution < 1.29 is 23.5 Å². The Morgan fingerprint density at radius 2 is 1.17 bits per heavy atom. The fourth-order valence-corrected chi connectivity index (χ4v) is 18.0. The van der Waals surface area contributed by atoms with Crippen LogP contribution >= 0.6 is 0 Å². The third kappa shape index (κ3) is 7.69. The molecule has 1 aliphatic heterocycles. The summed E-state index contributed by atoms with van der Waals surface area (Å²) in [6, 6.07) is 41.7. The number of amides is 1. The normalized spacial score (nSPS) is 20.4. The van der Waals surface area contributed by atoms with Gasteiger partial charge in [0.2, 0.25) is 5.91 Å². The number of ether oxygens (including phenoxy) is 1. The van der Waals surface area contributed by atoms with Crippen molar-refractivity contribution >= 4 is 60.3 Å². The van der Waals surface area contributed by atoms with Gasteiger partial charge in [0.25, 0.3) is 16.6 Å². The van der Waals surface area contributed by atoms with Crippen molar-refractivity contribution in [3.63, 3.8) is 0 Å². The first-order chi connectivity index (χ1) is 28.3. The van der Waals surface area contributed by atoms with Crippen LogP contribution in [0.2, 0.25) is 10.1 Å². The van der Waals surface area contributed by atoms with E-state index in [2.05, 4.69) is 130 Å². The number of hydrogen-bond donors (Lipinski definition) is 2. The molecule has 12 heteroatoms. The molecular weight excluding hydrogens is 783 g/mol. The van der Waals surface area contributed by atoms with Gasteiger partial charge in [-0.1, -0.05) is 184 Å². The molecule has 0 saturated carbocycles. The number of aromatic nitrogens is 4. The molecule has 7 rings (SSSR count). The van der Waals surface area contributed by atoms with Gasteiger partial charge in [0.1, 0.15) is 24.1 Å². The first kappa shape index (κ1) is 43.3. The lowest BCUT2D eigenvalue weighted by Crippen LogP contribution is -2.69. The minimum absolute atomic E-state index is 0.0626. The van der Waals surface area contributed by atoms with Gasteiger partial charge < -0.3 is 24.0 Å². The van der Waals surface area contributed by atoms with Gasteiger partial charge in [-0.05, 0) is 37.7 Å². The van der Waals surface area contributed by atoms with Crippen molar-refractivity contribution in [2.75, 3.05) is 11.9 Å². The molecule has 3 heterocycles. The topological polar surface area (TPSA) is 121 Å². The highest BCUT2D eigenvalue weighted by molar-refractivity contribution is 7.00. The average Bonchev–Trinajstić information content (AvgIpc) is 3.75. The molecule has 1 saturated heterocycles. The molecule has 60 heavy (non-hydrogen) atoms. The number of fused-ring (bicyclic) bond motifs is 1. The van der Waals surface area contributed by atoms with Crippen LogP contribution in [0.25, 0.3) is 11.2 Å². The lowest BCUT2D eigenvalue weighted by atomic mass is 9.96. The molecule has 1 aliphatic rings. The van der Waals surface area contributed by atoms with E-state index in [0.29, 0.717) is 17.0 Å². The smallest absolute Gasteiger partial charge is 0.261 e. The molecule has 10 nitrogen and oxygen atoms in total. The van der Waals surface area contributed by atoms with E-state index in [1.807, 2.05) is 80.8 Å². The number of aliphatic hydroxyl groups is 1. The summed E-state index contributed by atoms with van der Waals surface area (Å²) in [4.78, 5) is 27.0. The number of rotatable bonds is 11. The van der Waals surface area contributed by atoms with Crippen LogP contribution in [-0.2, 0) is 18.4 Å². The van der Waals surface area contributed by atoms with Crippen LogP contribution in [0.1, 0.15) is 75.5 Å². The Balaban J connectivity index is 1.40. The van der Waals surface area contributed by atoms with Crippen LogP contribution < -0.4 is 26.1 Å². The van der Waals surface area contributed by atoms with E-state index >= 15 is 0 Å². The predicted molar refractivity (Wildman–Crippen MR) is 244 cm³/mol. The molecule has 4 atom stereocenters. The quantitative estimate of drug-likeness (QED) is 0.134. The lowest BCUT2D eigenvalue weighted by molar-refractivity contribution is -0.123. The molecule has 314 valence electrons. The number of aliphatic hydroxyl groups excluding tert-OH is 1. The minimum atomic E-state index is -3.28. The Bertz CT molecular complexity index is 2320. The molecule has 0 radical (unpaired) electrons. The SMILES string of the molecule is CC(C)(C)C(=O)Nc1ncnc2c1ncn2[C@@H]1O[C@@](C)(CO[Si](c2ccccc2)(c2ccccc2)C(C)(C)C)[C@H](O)[C@H]1O[Si](c1ccccc1)(c1ccccc1)C(C)(C)C. The van der Waals surface area contributed by atoms with Crippen LogP contribution in [0.5, 0.6) is 0 Å². The number of benzene rings is 4. The van der Waals surface area contributed by atoms with Gasteiger partial charge in [-0.2, -0.15) is 0 Å². The van der Waals surface area contributed by atoms with E-state index in [9.17, 15) is 9.90 Å². The van der Waals surface area contributed by atoms with Gasteiger partial charge in [-0.15, -0.1) is 0 Å². The first-order valence-corrected chi connectivity index (χ1v) is 24.5. The number of anilines is 1. The summed E-state index contributed by atoms with van der Waals surface area (Å²) in [6.45, 7) is 20.9. The molecule has 0 unspecified atom stereocenters. The van der Waals surface area contributed by atoms with E-state index < -0.39 is 51.1 Å². The largest absolute Gasteiger partial charge is 0.404 e. The summed E-state index contributed by atoms with van der Waals surface area (Å²) >= 11 is 0. The van der Waals surface area contributed by atoms with E-state index in [1.54, 1.807) is 6.33 Å². The van der Waals surface area contributed by atoms with Gasteiger partial charge in [-0.25, -0.2) is 15.0 Å². The van der Waals surface area contributed by atoms with Crippen LogP contribution in [0, 0.1) is 5.41 Å². The predicted octanol–water partition coefficient (Wildman–Crippen LogP) is 6.98. The van der Waals surface area contributed by atoms with E-state index in [-0.39, 0.29) is 17.6 Å². The van der Waals surface area contributed by atoms with Gasteiger partial charge in [-0.3, -0.25) is 9.36 Å². The van der Waals surface area contributed by atoms with Crippen LogP contribution in [0.4, 0.5) is 5.82 Å². The summed E-state index contributed by atoms with van der Waals surface area (Å²) in [6.07, 6.45) is 0.0270. The molecule has 0 bridgehead atoms. The second-order valence-corrected chi connectivity index (χ2v) is 27.8. The van der Waals surface area contributed by atoms with Crippen molar-refractivity contribution in [2.45, 2.75) is 103 Å². The molecule has 0 spiro atoms. The van der Waals surface area contributed by atoms with E-state index in [4.69, 9.17) is 18.6 Å². The van der Waals surface area contributed by atoms with Gasteiger partial charge in [0.15, 0.2) is 23.2 Å². The van der Waals surface area contributed by atoms with Gasteiger partial charge >= 0.3 is 0 Å². The fraction of sp³-hybridized carbons (Fsp3) is 0.375. The first-order valence-electron chi connectivity index (χ1n) is 20.7. The van der Waals surface area contributed by atoms with Crippen LogP contribution in [0.3, 0.4) is 0 Å². The summed E-state index contributed by atoms with van der Waals surface area (Å²) in [5, 5.41) is 19.7. The summed E-state index contributed by atoms with van der Waals surface area (Å²) < 4.78 is 24.3. The van der Waals surface area contributed by atoms with Crippen molar-refractivity contribution in [3.05, 3.63) is 134 Å². The molecule has 1 amide bonds. The summed E-state index contributed by atoms with van der Waals surface area (Å²) in [5.41, 5.74) is -1.12. The number of nitrogens with zero attached hydrogens (tertiary/aromatic N) is 4. The Kier molecular flexibility index (Phi) is 11.7. The maximum atomic E-state index is 13.2. The van der Waals surface area contributed by atoms with Crippen molar-refractivity contribution in [3.8, 4) is 0 Å². The number of imidazole rings is 1. The second kappa shape index (κ2) is 16.2. The molecule has 2 aromatic heterocycles. The number of carbonyl (C=O) groups excluding carboxylic acids is 1. The van der Waals surface area contributed by atoms with Gasteiger partial charge in [0.05, 0.1) is 12.9 Å². The third-order valence-electron chi connectivity index (χ3n) is 11.9. The Labute approximate surface area is 356 Å². The highest BCUT2D eigenvalue weighted by atomic mass is 28.4. The minimum Gasteiger partial charge on any atom is -0.404 e. The zero-order valence-electron chi connectivity index (χ0n) is 36.5. The van der Waals surface area contributed by atoms with E-state index in [1.165, 1.54) is 6.33 Å². The Morgan fingerprint density at radius 1 is 0.717 bits per heavy atom. The molecule has 6 aromatic rings. The monoisotopic (exact) mass is 841 g/mol. The fourth-order valence-electron chi connectivity index (χ4n) is 8.71. The standard InChI is InChI=1S/C48H59N5O5Si2/c1-45(2,3)44(55)52-41-38-42(50-32-49-41)53(33-51-38)43-39(58-60(47(7,8)9,36-27-19-13-20-28-36)37-29-21-14-22-30-37)40(54)48(10,57-43)31-56-59(46(4,5)6,34-23-15-11-16-24-34)35-25-17-12-18-26-35/h11-30,32-33,39-40,43,54H,31H2,1-10H3,(H,49,50,52,55)/t39-,40-,43-,48+/m1/s1. The summed E-state index contributed by atoms with van der Waals surface area (Å²) in [5.74, 6) is 0.0880. The maximum Gasteiger partial charge on any atom is 0.261 e. The van der Waals surface area contributed by atoms with Crippen LogP contribution in [0.15, 0.2) is 134 Å². The Morgan fingerprint density at radius 3 is 1.60 bits per heavy atom. The number of nitrogens with one attached hydrogen (secondary N) is 1. The van der Waals surface area contributed by atoms with Crippen LogP contribution in [-0.4, -0.2) is 71.6 Å². The zero-order chi connectivity index (χ0) is 43.1. The van der Waals surface area contributed by atoms with Crippen molar-refractivity contribution in [1.82, 2.24) is 19.5 Å². The van der Waals surface area contributed by atoms with E-state index in [0.717, 1.165) is 20.7 Å². The Hall–Kier alpha value is -4.83. The number of hydrogen-bond acceptors (Lipinski definition) is 8. The lowest BCUT2D eigenvalue weighted by Gasteiger charge is -2.46. The third-order valence-corrected chi connectivity index (χ3v) is 21.9. The second-order valence-electron chi connectivity index (χ2n) is 19.2. The molecular formula is C48H59N5O5Si2. The van der Waals surface area contributed by atoms with Crippen molar-refractivity contribution in [1.29, 1.82) is 0 Å². The zero-order valence-corrected chi connectivity index (χ0v) is 38.5. The number of carbonyl (C=O) groups is 1. The maximum absolute atomic E-state index is 13.2. The van der Waals surface area contributed by atoms with Gasteiger partial charge in [0, 0.05) is 5.41 Å². The molecule has 4 aromatic carbocycles. The average molecular weight is 842 g/mol. The van der Waals surface area contributed by atoms with Crippen molar-refractivity contribution in [2.24, 2.45) is 5.41 Å². The molecule has 2 N–H and O–H groups in total. The molecule has 1 fully saturated rings. The highest BCUT2D eigenvalue weighted by Gasteiger charge is 2.61.